The molecule has 0 heterocycles. The van der Waals surface area contributed by atoms with E-state index in [0.29, 0.717) is 5.75 Å². The molecule has 0 bridgehead atoms. The van der Waals surface area contributed by atoms with Crippen molar-refractivity contribution in [3.05, 3.63) is 119 Å². The van der Waals surface area contributed by atoms with Gasteiger partial charge >= 0.3 is 0 Å². The van der Waals surface area contributed by atoms with Gasteiger partial charge in [-0.05, 0) is 54.6 Å². The van der Waals surface area contributed by atoms with E-state index < -0.39 is 7.26 Å². The second-order valence-corrected chi connectivity index (χ2v) is 11.1. The normalized spacial score (nSPS) is 11.3. The number of hydrogen-bond acceptors (Lipinski definition) is 1. The number of rotatable bonds is 5. The maximum Gasteiger partial charge on any atom is 0.122 e. The highest BCUT2D eigenvalue weighted by molar-refractivity contribution is 9.10. The molecule has 138 valence electrons. The van der Waals surface area contributed by atoms with Gasteiger partial charge in [0.25, 0.3) is 0 Å². The van der Waals surface area contributed by atoms with E-state index in [1.165, 1.54) is 15.9 Å². The van der Waals surface area contributed by atoms with E-state index in [0.717, 1.165) is 16.2 Å². The predicted octanol–water partition coefficient (Wildman–Crippen LogP) is 5.65. The molecule has 0 saturated carbocycles. The van der Waals surface area contributed by atoms with Crippen molar-refractivity contribution in [3.63, 3.8) is 0 Å². The van der Waals surface area contributed by atoms with Gasteiger partial charge in [-0.3, -0.25) is 0 Å². The molecule has 0 aliphatic heterocycles. The number of hydrogen-bond donors (Lipinski definition) is 1. The first-order chi connectivity index (χ1) is 13.7. The molecule has 1 nitrogen and oxygen atoms in total. The highest BCUT2D eigenvalue weighted by Crippen LogP contribution is 2.59. The van der Waals surface area contributed by atoms with Crippen molar-refractivity contribution in [2.45, 2.75) is 6.16 Å². The van der Waals surface area contributed by atoms with Crippen LogP contribution in [0.1, 0.15) is 5.56 Å². The summed E-state index contributed by atoms with van der Waals surface area (Å²) in [6, 6.07) is 37.9. The Labute approximate surface area is 175 Å². The summed E-state index contributed by atoms with van der Waals surface area (Å²) in [5, 5.41) is 14.6. The molecule has 4 rings (SSSR count). The molecule has 0 radical (unpaired) electrons. The average molecular weight is 448 g/mol. The summed E-state index contributed by atoms with van der Waals surface area (Å²) in [7, 11) is -2.00. The van der Waals surface area contributed by atoms with Crippen LogP contribution < -0.4 is 15.9 Å². The van der Waals surface area contributed by atoms with Crippen molar-refractivity contribution in [2.75, 3.05) is 0 Å². The van der Waals surface area contributed by atoms with Crippen LogP contribution >= 0.6 is 23.2 Å². The van der Waals surface area contributed by atoms with Crippen LogP contribution in [0, 0.1) is 0 Å². The Morgan fingerprint density at radius 1 is 0.607 bits per heavy atom. The van der Waals surface area contributed by atoms with Crippen molar-refractivity contribution in [1.82, 2.24) is 0 Å². The summed E-state index contributed by atoms with van der Waals surface area (Å²) in [5.74, 6) is 0.343. The van der Waals surface area contributed by atoms with Gasteiger partial charge < -0.3 is 5.11 Å². The van der Waals surface area contributed by atoms with Crippen molar-refractivity contribution in [2.24, 2.45) is 0 Å². The lowest BCUT2D eigenvalue weighted by Gasteiger charge is -2.28. The fourth-order valence-electron chi connectivity index (χ4n) is 3.70. The predicted molar refractivity (Wildman–Crippen MR) is 125 cm³/mol. The molecule has 0 fully saturated rings. The zero-order valence-electron chi connectivity index (χ0n) is 15.4. The van der Waals surface area contributed by atoms with Crippen molar-refractivity contribution in [1.29, 1.82) is 0 Å². The number of aromatic hydroxyl groups is 1. The third-order valence-corrected chi connectivity index (χ3v) is 9.89. The van der Waals surface area contributed by atoms with E-state index >= 15 is 0 Å². The highest BCUT2D eigenvalue weighted by Gasteiger charge is 2.45. The van der Waals surface area contributed by atoms with Crippen molar-refractivity contribution in [3.8, 4) is 5.75 Å². The van der Waals surface area contributed by atoms with Crippen LogP contribution in [0.15, 0.2) is 114 Å². The van der Waals surface area contributed by atoms with E-state index in [1.54, 1.807) is 6.07 Å². The van der Waals surface area contributed by atoms with Crippen molar-refractivity contribution < 1.29 is 5.11 Å². The maximum absolute atomic E-state index is 10.6. The SMILES string of the molecule is Oc1ccc(Br)cc1C[P+](c1ccccc1)(c1ccccc1)c1ccccc1. The molecule has 0 spiro atoms. The van der Waals surface area contributed by atoms with Gasteiger partial charge in [0.15, 0.2) is 0 Å². The topological polar surface area (TPSA) is 20.2 Å². The second kappa shape index (κ2) is 8.31. The van der Waals surface area contributed by atoms with Crippen molar-refractivity contribution >= 4 is 39.1 Å². The Bertz CT molecular complexity index is 953. The molecule has 0 aromatic heterocycles. The maximum atomic E-state index is 10.6. The Morgan fingerprint density at radius 3 is 1.46 bits per heavy atom. The lowest BCUT2D eigenvalue weighted by molar-refractivity contribution is 0.470. The molecule has 3 heteroatoms. The Hall–Kier alpha value is -2.41. The molecular weight excluding hydrogens is 427 g/mol. The van der Waals surface area contributed by atoms with Crippen LogP contribution in [-0.4, -0.2) is 5.11 Å². The summed E-state index contributed by atoms with van der Waals surface area (Å²) in [6.45, 7) is 0. The number of phenols is 1. The molecule has 0 atom stereocenters. The molecule has 0 saturated heterocycles. The second-order valence-electron chi connectivity index (χ2n) is 6.75. The summed E-state index contributed by atoms with van der Waals surface area (Å²) < 4.78 is 0.979. The third-order valence-electron chi connectivity index (χ3n) is 5.04. The van der Waals surface area contributed by atoms with Crippen LogP contribution in [0.4, 0.5) is 0 Å². The lowest BCUT2D eigenvalue weighted by Crippen LogP contribution is -2.32. The number of phenolic OH excluding ortho intramolecular Hbond substituents is 1. The Balaban J connectivity index is 2.02. The smallest absolute Gasteiger partial charge is 0.122 e. The number of halogens is 1. The zero-order chi connectivity index (χ0) is 19.4. The molecule has 0 unspecified atom stereocenters. The first-order valence-corrected chi connectivity index (χ1v) is 12.0. The monoisotopic (exact) mass is 447 g/mol. The van der Waals surface area contributed by atoms with E-state index in [-0.39, 0.29) is 0 Å². The first-order valence-electron chi connectivity index (χ1n) is 9.22. The van der Waals surface area contributed by atoms with Crippen LogP contribution in [0.5, 0.6) is 5.75 Å². The third kappa shape index (κ3) is 3.63. The zero-order valence-corrected chi connectivity index (χ0v) is 17.9. The minimum absolute atomic E-state index is 0.343. The quantitative estimate of drug-likeness (QED) is 0.392. The molecule has 1 N–H and O–H groups in total. The first kappa shape index (κ1) is 18.9. The summed E-state index contributed by atoms with van der Waals surface area (Å²) >= 11 is 3.57. The molecular formula is C25H21BrOP+. The fourth-order valence-corrected chi connectivity index (χ4v) is 8.36. The minimum Gasteiger partial charge on any atom is -0.508 e. The van der Waals surface area contributed by atoms with Gasteiger partial charge in [0, 0.05) is 10.0 Å². The molecule has 0 aliphatic carbocycles. The molecule has 28 heavy (non-hydrogen) atoms. The summed E-state index contributed by atoms with van der Waals surface area (Å²) in [5.41, 5.74) is 0.958. The standard InChI is InChI=1S/C25H20BrOP/c26-21-16-17-25(27)20(18-21)19-28(22-10-4-1-5-11-22,23-12-6-2-7-13-23)24-14-8-3-9-15-24/h1-18H,19H2/p+1. The lowest BCUT2D eigenvalue weighted by atomic mass is 10.2. The van der Waals surface area contributed by atoms with Gasteiger partial charge in [-0.15, -0.1) is 0 Å². The van der Waals surface area contributed by atoms with E-state index in [9.17, 15) is 5.11 Å². The van der Waals surface area contributed by atoms with Gasteiger partial charge in [-0.25, -0.2) is 0 Å². The number of benzene rings is 4. The summed E-state index contributed by atoms with van der Waals surface area (Å²) in [4.78, 5) is 0. The largest absolute Gasteiger partial charge is 0.508 e. The van der Waals surface area contributed by atoms with Crippen LogP contribution in [-0.2, 0) is 6.16 Å². The van der Waals surface area contributed by atoms with E-state index in [4.69, 9.17) is 0 Å². The Morgan fingerprint density at radius 2 is 1.04 bits per heavy atom. The highest BCUT2D eigenvalue weighted by atomic mass is 79.9. The summed E-state index contributed by atoms with van der Waals surface area (Å²) in [6.07, 6.45) is 0.760. The molecule has 0 amide bonds. The van der Waals surface area contributed by atoms with Crippen LogP contribution in [0.3, 0.4) is 0 Å². The van der Waals surface area contributed by atoms with Gasteiger partial charge in [-0.1, -0.05) is 70.5 Å². The van der Waals surface area contributed by atoms with Gasteiger partial charge in [0.05, 0.1) is 0 Å². The van der Waals surface area contributed by atoms with E-state index in [2.05, 4.69) is 107 Å². The van der Waals surface area contributed by atoms with Gasteiger partial charge in [-0.2, -0.15) is 0 Å². The molecule has 0 aliphatic rings. The van der Waals surface area contributed by atoms with Crippen LogP contribution in [0.2, 0.25) is 0 Å². The molecule has 4 aromatic carbocycles. The average Bonchev–Trinajstić information content (AvgIpc) is 2.76. The molecule has 4 aromatic rings. The van der Waals surface area contributed by atoms with Gasteiger partial charge in [0.2, 0.25) is 0 Å². The van der Waals surface area contributed by atoms with Gasteiger partial charge in [0.1, 0.15) is 35.1 Å². The Kier molecular flexibility index (Phi) is 5.62. The fraction of sp³-hybridized carbons (Fsp3) is 0.0400. The van der Waals surface area contributed by atoms with Crippen LogP contribution in [0.25, 0.3) is 0 Å². The van der Waals surface area contributed by atoms with E-state index in [1.807, 2.05) is 12.1 Å². The minimum atomic E-state index is -2.00.